The van der Waals surface area contributed by atoms with Gasteiger partial charge in [-0.2, -0.15) is 0 Å². The molecule has 0 spiro atoms. The lowest BCUT2D eigenvalue weighted by molar-refractivity contribution is -0.131. The fraction of sp³-hybridized carbons (Fsp3) is 0.417. The van der Waals surface area contributed by atoms with E-state index < -0.39 is 0 Å². The molecule has 0 saturated carbocycles. The van der Waals surface area contributed by atoms with Crippen LogP contribution in [0, 0.1) is 6.92 Å². The fourth-order valence-electron chi connectivity index (χ4n) is 1.64. The molecule has 0 unspecified atom stereocenters. The Hall–Kier alpha value is -1.73. The second-order valence-electron chi connectivity index (χ2n) is 4.39. The molecule has 0 atom stereocenters. The van der Waals surface area contributed by atoms with Crippen LogP contribution < -0.4 is 5.73 Å². The Labute approximate surface area is 115 Å². The number of nitrogens with zero attached hydrogens (tertiary/aromatic N) is 4. The second-order valence-corrected chi connectivity index (χ2v) is 5.39. The first-order chi connectivity index (χ1) is 9.10. The average Bonchev–Trinajstić information content (AvgIpc) is 2.99. The molecule has 2 rings (SSSR count). The highest BCUT2D eigenvalue weighted by molar-refractivity contribution is 7.10. The molecule has 0 bridgehead atoms. The minimum absolute atomic E-state index is 0.00118. The summed E-state index contributed by atoms with van der Waals surface area (Å²) < 4.78 is 1.52. The summed E-state index contributed by atoms with van der Waals surface area (Å²) in [6.45, 7) is 3.20. The van der Waals surface area contributed by atoms with Crippen molar-refractivity contribution in [2.45, 2.75) is 26.6 Å². The third kappa shape index (κ3) is 3.39. The van der Waals surface area contributed by atoms with Gasteiger partial charge in [-0.15, -0.1) is 16.4 Å². The number of likely N-dealkylation sites (N-methyl/N-ethyl adjacent to an activating group) is 1. The molecule has 0 radical (unpaired) electrons. The van der Waals surface area contributed by atoms with Crippen molar-refractivity contribution in [2.75, 3.05) is 7.05 Å². The summed E-state index contributed by atoms with van der Waals surface area (Å²) in [7, 11) is 1.79. The van der Waals surface area contributed by atoms with Gasteiger partial charge in [0.1, 0.15) is 6.54 Å². The van der Waals surface area contributed by atoms with Gasteiger partial charge < -0.3 is 10.6 Å². The lowest BCUT2D eigenvalue weighted by atomic mass is 10.3. The molecule has 0 aliphatic heterocycles. The molecular formula is C12H17N5OS. The van der Waals surface area contributed by atoms with Gasteiger partial charge >= 0.3 is 0 Å². The van der Waals surface area contributed by atoms with Crippen LogP contribution in [0.15, 0.2) is 17.6 Å². The van der Waals surface area contributed by atoms with Crippen molar-refractivity contribution in [1.29, 1.82) is 0 Å². The summed E-state index contributed by atoms with van der Waals surface area (Å²) in [5, 5.41) is 9.76. The van der Waals surface area contributed by atoms with Crippen LogP contribution in [0.5, 0.6) is 0 Å². The minimum atomic E-state index is 0.00118. The Morgan fingerprint density at radius 2 is 2.37 bits per heavy atom. The molecule has 1 amide bonds. The number of rotatable bonds is 5. The first-order valence-electron chi connectivity index (χ1n) is 5.96. The summed E-state index contributed by atoms with van der Waals surface area (Å²) >= 11 is 1.66. The van der Waals surface area contributed by atoms with E-state index in [9.17, 15) is 4.79 Å². The van der Waals surface area contributed by atoms with E-state index >= 15 is 0 Å². The summed E-state index contributed by atoms with van der Waals surface area (Å²) in [4.78, 5) is 15.0. The Morgan fingerprint density at radius 3 is 2.95 bits per heavy atom. The van der Waals surface area contributed by atoms with Crippen molar-refractivity contribution in [3.63, 3.8) is 0 Å². The number of thiophene rings is 1. The number of amides is 1. The van der Waals surface area contributed by atoms with E-state index in [1.807, 2.05) is 5.38 Å². The number of hydrogen-bond donors (Lipinski definition) is 1. The van der Waals surface area contributed by atoms with Crippen LogP contribution in [0.4, 0.5) is 0 Å². The SMILES string of the molecule is Cc1ccsc1CN(C)C(=O)Cn1cc(CN)nn1. The van der Waals surface area contributed by atoms with Gasteiger partial charge in [0.05, 0.1) is 18.4 Å². The summed E-state index contributed by atoms with van der Waals surface area (Å²) in [5.41, 5.74) is 7.35. The molecular weight excluding hydrogens is 262 g/mol. The lowest BCUT2D eigenvalue weighted by Gasteiger charge is -2.16. The highest BCUT2D eigenvalue weighted by Gasteiger charge is 2.12. The van der Waals surface area contributed by atoms with E-state index in [1.54, 1.807) is 29.5 Å². The zero-order valence-electron chi connectivity index (χ0n) is 11.0. The van der Waals surface area contributed by atoms with E-state index in [0.717, 1.165) is 0 Å². The molecule has 0 saturated heterocycles. The molecule has 6 nitrogen and oxygen atoms in total. The zero-order chi connectivity index (χ0) is 13.8. The van der Waals surface area contributed by atoms with Gasteiger partial charge in [-0.05, 0) is 23.9 Å². The van der Waals surface area contributed by atoms with Crippen LogP contribution in [0.2, 0.25) is 0 Å². The van der Waals surface area contributed by atoms with Gasteiger partial charge in [0.2, 0.25) is 5.91 Å². The molecule has 7 heteroatoms. The van der Waals surface area contributed by atoms with Crippen LogP contribution in [0.25, 0.3) is 0 Å². The highest BCUT2D eigenvalue weighted by Crippen LogP contribution is 2.17. The largest absolute Gasteiger partial charge is 0.339 e. The number of aromatic nitrogens is 3. The number of hydrogen-bond acceptors (Lipinski definition) is 5. The van der Waals surface area contributed by atoms with E-state index in [1.165, 1.54) is 15.1 Å². The van der Waals surface area contributed by atoms with Crippen molar-refractivity contribution in [2.24, 2.45) is 5.73 Å². The summed E-state index contributed by atoms with van der Waals surface area (Å²) in [6, 6.07) is 2.06. The van der Waals surface area contributed by atoms with E-state index in [0.29, 0.717) is 18.8 Å². The van der Waals surface area contributed by atoms with Crippen molar-refractivity contribution in [3.8, 4) is 0 Å². The molecule has 2 aromatic heterocycles. The Bertz CT molecular complexity index is 562. The molecule has 0 fully saturated rings. The van der Waals surface area contributed by atoms with Gasteiger partial charge in [-0.1, -0.05) is 5.21 Å². The molecule has 2 N–H and O–H groups in total. The molecule has 19 heavy (non-hydrogen) atoms. The molecule has 2 aromatic rings. The maximum Gasteiger partial charge on any atom is 0.244 e. The van der Waals surface area contributed by atoms with Gasteiger partial charge in [-0.25, -0.2) is 4.68 Å². The maximum atomic E-state index is 12.1. The minimum Gasteiger partial charge on any atom is -0.339 e. The van der Waals surface area contributed by atoms with E-state index in [-0.39, 0.29) is 12.5 Å². The average molecular weight is 279 g/mol. The van der Waals surface area contributed by atoms with Crippen molar-refractivity contribution < 1.29 is 4.79 Å². The summed E-state index contributed by atoms with van der Waals surface area (Å²) in [6.07, 6.45) is 1.70. The van der Waals surface area contributed by atoms with Crippen LogP contribution in [-0.2, 0) is 24.4 Å². The Balaban J connectivity index is 1.94. The predicted octanol–water partition coefficient (Wildman–Crippen LogP) is 0.765. The number of aryl methyl sites for hydroxylation is 1. The van der Waals surface area contributed by atoms with Crippen LogP contribution >= 0.6 is 11.3 Å². The normalized spacial score (nSPS) is 10.7. The molecule has 102 valence electrons. The van der Waals surface area contributed by atoms with Gasteiger partial charge in [-0.3, -0.25) is 4.79 Å². The lowest BCUT2D eigenvalue weighted by Crippen LogP contribution is -2.29. The first-order valence-corrected chi connectivity index (χ1v) is 6.84. The molecule has 0 aliphatic carbocycles. The molecule has 0 aliphatic rings. The Kier molecular flexibility index (Phi) is 4.28. The van der Waals surface area contributed by atoms with Gasteiger partial charge in [0.15, 0.2) is 0 Å². The van der Waals surface area contributed by atoms with Gasteiger partial charge in [0, 0.05) is 18.5 Å². The number of nitrogens with two attached hydrogens (primary N) is 1. The van der Waals surface area contributed by atoms with E-state index in [4.69, 9.17) is 5.73 Å². The molecule has 2 heterocycles. The Morgan fingerprint density at radius 1 is 1.58 bits per heavy atom. The van der Waals surface area contributed by atoms with Crippen molar-refractivity contribution >= 4 is 17.2 Å². The number of carbonyl (C=O) groups is 1. The third-order valence-corrected chi connectivity index (χ3v) is 3.87. The monoisotopic (exact) mass is 279 g/mol. The first kappa shape index (κ1) is 13.7. The fourth-order valence-corrected chi connectivity index (χ4v) is 2.60. The molecule has 0 aromatic carbocycles. The maximum absolute atomic E-state index is 12.1. The second kappa shape index (κ2) is 5.94. The van der Waals surface area contributed by atoms with Gasteiger partial charge in [0.25, 0.3) is 0 Å². The third-order valence-electron chi connectivity index (χ3n) is 2.87. The van der Waals surface area contributed by atoms with Crippen LogP contribution in [0.1, 0.15) is 16.1 Å². The quantitative estimate of drug-likeness (QED) is 0.877. The highest BCUT2D eigenvalue weighted by atomic mass is 32.1. The smallest absolute Gasteiger partial charge is 0.244 e. The van der Waals surface area contributed by atoms with Crippen LogP contribution in [0.3, 0.4) is 0 Å². The van der Waals surface area contributed by atoms with E-state index in [2.05, 4.69) is 23.3 Å². The zero-order valence-corrected chi connectivity index (χ0v) is 11.9. The predicted molar refractivity (Wildman–Crippen MR) is 73.4 cm³/mol. The number of carbonyl (C=O) groups excluding carboxylic acids is 1. The van der Waals surface area contributed by atoms with Crippen LogP contribution in [-0.4, -0.2) is 32.8 Å². The van der Waals surface area contributed by atoms with Crippen molar-refractivity contribution in [3.05, 3.63) is 33.8 Å². The topological polar surface area (TPSA) is 77.0 Å². The van der Waals surface area contributed by atoms with Crippen molar-refractivity contribution in [1.82, 2.24) is 19.9 Å². The summed E-state index contributed by atoms with van der Waals surface area (Å²) in [5.74, 6) is 0.00118. The standard InChI is InChI=1S/C12H17N5OS/c1-9-3-4-19-11(9)7-16(2)12(18)8-17-6-10(5-13)14-15-17/h3-4,6H,5,7-8,13H2,1-2H3.